The summed E-state index contributed by atoms with van der Waals surface area (Å²) in [4.78, 5) is 18.0. The Balaban J connectivity index is 1.68. The van der Waals surface area contributed by atoms with Crippen molar-refractivity contribution in [1.29, 1.82) is 0 Å². The second-order valence-electron chi connectivity index (χ2n) is 10.7. The molecular weight excluding hydrogens is 489 g/mol. The summed E-state index contributed by atoms with van der Waals surface area (Å²) in [5.41, 5.74) is 3.47. The van der Waals surface area contributed by atoms with Crippen molar-refractivity contribution >= 4 is 5.97 Å². The predicted octanol–water partition coefficient (Wildman–Crippen LogP) is 8.17. The maximum Gasteiger partial charge on any atom is 0.416 e. The van der Waals surface area contributed by atoms with Gasteiger partial charge in [-0.25, -0.2) is 0 Å². The molecule has 1 aliphatic rings. The van der Waals surface area contributed by atoms with Crippen molar-refractivity contribution in [3.8, 4) is 11.1 Å². The fraction of sp³-hybridized carbons (Fsp3) is 0.419. The number of likely N-dealkylation sites (tertiary alicyclic amines) is 1. The monoisotopic (exact) mass is 524 g/mol. The number of benzene rings is 2. The number of hydrogen-bond donors (Lipinski definition) is 1. The molecule has 4 rings (SSSR count). The molecule has 0 saturated carbocycles. The summed E-state index contributed by atoms with van der Waals surface area (Å²) in [5, 5.41) is 9.42. The molecular formula is C31H35F3N2O2. The highest BCUT2D eigenvalue weighted by Gasteiger charge is 2.36. The third-order valence-electron chi connectivity index (χ3n) is 7.57. The normalized spacial score (nSPS) is 19.4. The molecule has 0 aliphatic carbocycles. The van der Waals surface area contributed by atoms with Crippen LogP contribution in [-0.4, -0.2) is 27.5 Å². The first-order valence-corrected chi connectivity index (χ1v) is 13.3. The summed E-state index contributed by atoms with van der Waals surface area (Å²) in [5.74, 6) is -0.351. The van der Waals surface area contributed by atoms with Gasteiger partial charge in [-0.15, -0.1) is 0 Å². The van der Waals surface area contributed by atoms with Gasteiger partial charge in [0.15, 0.2) is 0 Å². The van der Waals surface area contributed by atoms with Crippen LogP contribution in [-0.2, 0) is 11.0 Å². The van der Waals surface area contributed by atoms with Crippen LogP contribution in [0.1, 0.15) is 74.7 Å². The second kappa shape index (κ2) is 12.1. The molecule has 1 N–H and O–H groups in total. The maximum absolute atomic E-state index is 13.2. The Labute approximate surface area is 222 Å². The van der Waals surface area contributed by atoms with Crippen LogP contribution in [0.3, 0.4) is 0 Å². The first-order chi connectivity index (χ1) is 18.1. The SMILES string of the molecule is CC(C)CC[C@@H](c1ccc(-c2ccncc2)cc1)N1CC[C@H](CC(=O)O)C[C@@H]1c1ccc(C(F)(F)F)cc1. The smallest absolute Gasteiger partial charge is 0.416 e. The van der Waals surface area contributed by atoms with Gasteiger partial charge in [-0.1, -0.05) is 50.2 Å². The van der Waals surface area contributed by atoms with Gasteiger partial charge in [0, 0.05) is 30.9 Å². The third-order valence-corrected chi connectivity index (χ3v) is 7.57. The maximum atomic E-state index is 13.2. The number of carbonyl (C=O) groups is 1. The lowest BCUT2D eigenvalue weighted by Gasteiger charge is -2.44. The number of carboxylic acids is 1. The molecule has 1 saturated heterocycles. The van der Waals surface area contributed by atoms with Crippen molar-refractivity contribution in [3.63, 3.8) is 0 Å². The lowest BCUT2D eigenvalue weighted by atomic mass is 9.82. The van der Waals surface area contributed by atoms with E-state index in [1.165, 1.54) is 0 Å². The van der Waals surface area contributed by atoms with Crippen molar-refractivity contribution in [2.75, 3.05) is 6.54 Å². The zero-order valence-corrected chi connectivity index (χ0v) is 21.9. The summed E-state index contributed by atoms with van der Waals surface area (Å²) in [6.45, 7) is 5.07. The van der Waals surface area contributed by atoms with E-state index in [2.05, 4.69) is 48.0 Å². The largest absolute Gasteiger partial charge is 0.481 e. The fourth-order valence-corrected chi connectivity index (χ4v) is 5.54. The van der Waals surface area contributed by atoms with Crippen LogP contribution in [0.15, 0.2) is 73.1 Å². The van der Waals surface area contributed by atoms with Crippen LogP contribution in [0.5, 0.6) is 0 Å². The molecule has 3 aromatic rings. The molecule has 0 unspecified atom stereocenters. The Morgan fingerprint density at radius 3 is 2.18 bits per heavy atom. The molecule has 38 heavy (non-hydrogen) atoms. The highest BCUT2D eigenvalue weighted by molar-refractivity contribution is 5.67. The molecule has 0 amide bonds. The number of nitrogens with zero attached hydrogens (tertiary/aromatic N) is 2. The minimum Gasteiger partial charge on any atom is -0.481 e. The number of aromatic nitrogens is 1. The summed E-state index contributed by atoms with van der Waals surface area (Å²) in [7, 11) is 0. The van der Waals surface area contributed by atoms with E-state index in [1.807, 2.05) is 12.1 Å². The van der Waals surface area contributed by atoms with Gasteiger partial charge in [-0.2, -0.15) is 13.2 Å². The van der Waals surface area contributed by atoms with Gasteiger partial charge in [0.1, 0.15) is 0 Å². The van der Waals surface area contributed by atoms with Gasteiger partial charge >= 0.3 is 12.1 Å². The Morgan fingerprint density at radius 1 is 0.974 bits per heavy atom. The van der Waals surface area contributed by atoms with Crippen LogP contribution >= 0.6 is 0 Å². The predicted molar refractivity (Wildman–Crippen MR) is 142 cm³/mol. The second-order valence-corrected chi connectivity index (χ2v) is 10.7. The molecule has 0 radical (unpaired) electrons. The molecule has 202 valence electrons. The molecule has 1 aliphatic heterocycles. The quantitative estimate of drug-likeness (QED) is 0.307. The van der Waals surface area contributed by atoms with Crippen LogP contribution < -0.4 is 0 Å². The van der Waals surface area contributed by atoms with E-state index >= 15 is 0 Å². The molecule has 0 spiro atoms. The van der Waals surface area contributed by atoms with Crippen molar-refractivity contribution in [1.82, 2.24) is 9.88 Å². The topological polar surface area (TPSA) is 53.4 Å². The van der Waals surface area contributed by atoms with Crippen LogP contribution in [0.2, 0.25) is 0 Å². The summed E-state index contributed by atoms with van der Waals surface area (Å²) in [6.07, 6.45) is 2.48. The van der Waals surface area contributed by atoms with Crippen molar-refractivity contribution in [2.45, 2.75) is 64.2 Å². The van der Waals surface area contributed by atoms with Gasteiger partial charge in [0.2, 0.25) is 0 Å². The molecule has 3 atom stereocenters. The number of aliphatic carboxylic acids is 1. The number of piperidine rings is 1. The van der Waals surface area contributed by atoms with Crippen LogP contribution in [0, 0.1) is 11.8 Å². The number of carboxylic acid groups (broad SMARTS) is 1. The summed E-state index contributed by atoms with van der Waals surface area (Å²) >= 11 is 0. The van der Waals surface area contributed by atoms with Crippen molar-refractivity contribution in [2.24, 2.45) is 11.8 Å². The Bertz CT molecular complexity index is 1180. The third kappa shape index (κ3) is 7.01. The average Bonchev–Trinajstić information content (AvgIpc) is 2.89. The average molecular weight is 525 g/mol. The standard InChI is InChI=1S/C31H35F3N2O2/c1-21(2)3-12-28(25-6-4-23(5-7-25)24-13-16-35-17-14-24)36-18-15-22(20-30(37)38)19-29(36)26-8-10-27(11-9-26)31(32,33)34/h4-11,13-14,16-17,21-22,28-29H,3,12,15,18-20H2,1-2H3,(H,37,38)/t22-,28-,29+/m0/s1. The number of hydrogen-bond acceptors (Lipinski definition) is 3. The molecule has 2 heterocycles. The molecule has 7 heteroatoms. The lowest BCUT2D eigenvalue weighted by Crippen LogP contribution is -2.40. The first kappa shape index (κ1) is 27.8. The van der Waals surface area contributed by atoms with Gasteiger partial charge < -0.3 is 5.11 Å². The minimum absolute atomic E-state index is 0.0177. The van der Waals surface area contributed by atoms with Gasteiger partial charge in [0.25, 0.3) is 0 Å². The molecule has 4 nitrogen and oxygen atoms in total. The zero-order chi connectivity index (χ0) is 27.3. The molecule has 2 aromatic carbocycles. The highest BCUT2D eigenvalue weighted by Crippen LogP contribution is 2.43. The summed E-state index contributed by atoms with van der Waals surface area (Å²) < 4.78 is 39.7. The highest BCUT2D eigenvalue weighted by atomic mass is 19.4. The van der Waals surface area contributed by atoms with E-state index in [9.17, 15) is 23.1 Å². The minimum atomic E-state index is -4.40. The summed E-state index contributed by atoms with van der Waals surface area (Å²) in [6, 6.07) is 17.8. The number of pyridine rings is 1. The number of rotatable bonds is 9. The van der Waals surface area contributed by atoms with E-state index in [0.29, 0.717) is 18.9 Å². The van der Waals surface area contributed by atoms with Gasteiger partial charge in [-0.3, -0.25) is 14.7 Å². The first-order valence-electron chi connectivity index (χ1n) is 13.3. The van der Waals surface area contributed by atoms with E-state index in [0.717, 1.165) is 53.6 Å². The molecule has 1 fully saturated rings. The number of alkyl halides is 3. The van der Waals surface area contributed by atoms with E-state index in [4.69, 9.17) is 0 Å². The van der Waals surface area contributed by atoms with Crippen molar-refractivity contribution in [3.05, 3.63) is 89.7 Å². The molecule has 1 aromatic heterocycles. The van der Waals surface area contributed by atoms with E-state index in [-0.39, 0.29) is 24.4 Å². The number of halogens is 3. The Kier molecular flexibility index (Phi) is 8.87. The Hall–Kier alpha value is -3.19. The van der Waals surface area contributed by atoms with Crippen LogP contribution in [0.25, 0.3) is 11.1 Å². The molecule has 0 bridgehead atoms. The van der Waals surface area contributed by atoms with Gasteiger partial charge in [-0.05, 0) is 90.6 Å². The zero-order valence-electron chi connectivity index (χ0n) is 21.9. The lowest BCUT2D eigenvalue weighted by molar-refractivity contribution is -0.139. The Morgan fingerprint density at radius 2 is 1.61 bits per heavy atom. The van der Waals surface area contributed by atoms with E-state index in [1.54, 1.807) is 24.5 Å². The fourth-order valence-electron chi connectivity index (χ4n) is 5.54. The van der Waals surface area contributed by atoms with E-state index < -0.39 is 17.7 Å². The van der Waals surface area contributed by atoms with Crippen molar-refractivity contribution < 1.29 is 23.1 Å². The van der Waals surface area contributed by atoms with Crippen LogP contribution in [0.4, 0.5) is 13.2 Å². The van der Waals surface area contributed by atoms with Gasteiger partial charge in [0.05, 0.1) is 5.56 Å².